The van der Waals surface area contributed by atoms with Crippen molar-refractivity contribution in [1.29, 1.82) is 0 Å². The smallest absolute Gasteiger partial charge is 0.415 e. The molecule has 0 heterocycles. The Morgan fingerprint density at radius 1 is 1.33 bits per heavy atom. The molecule has 0 bridgehead atoms. The molecule has 0 aliphatic carbocycles. The SMILES string of the molecule is Cc1ccc(OCC(C)NC(=O)C(C)(N)C(F)(F)F)cc1. The number of nitrogens with one attached hydrogen (secondary N) is 1. The predicted octanol–water partition coefficient (Wildman–Crippen LogP) is 2.16. The first kappa shape index (κ1) is 17.3. The van der Waals surface area contributed by atoms with E-state index in [1.54, 1.807) is 19.1 Å². The summed E-state index contributed by atoms with van der Waals surface area (Å²) in [5.74, 6) is -0.706. The van der Waals surface area contributed by atoms with Crippen molar-refractivity contribution >= 4 is 5.91 Å². The van der Waals surface area contributed by atoms with Crippen molar-refractivity contribution < 1.29 is 22.7 Å². The fourth-order valence-corrected chi connectivity index (χ4v) is 1.40. The van der Waals surface area contributed by atoms with Crippen LogP contribution in [0, 0.1) is 6.92 Å². The number of amides is 1. The number of carbonyl (C=O) groups is 1. The Morgan fingerprint density at radius 2 is 1.86 bits per heavy atom. The molecule has 0 spiro atoms. The highest BCUT2D eigenvalue weighted by Gasteiger charge is 2.54. The number of halogens is 3. The van der Waals surface area contributed by atoms with Gasteiger partial charge in [0.05, 0.1) is 6.04 Å². The highest BCUT2D eigenvalue weighted by molar-refractivity contribution is 5.86. The molecule has 118 valence electrons. The number of nitrogens with two attached hydrogens (primary N) is 1. The summed E-state index contributed by atoms with van der Waals surface area (Å²) in [4.78, 5) is 11.6. The van der Waals surface area contributed by atoms with E-state index in [4.69, 9.17) is 10.5 Å². The first-order chi connectivity index (χ1) is 9.54. The average molecular weight is 304 g/mol. The largest absolute Gasteiger partial charge is 0.491 e. The first-order valence-corrected chi connectivity index (χ1v) is 6.40. The maximum atomic E-state index is 12.6. The Bertz CT molecular complexity index is 484. The number of hydrogen-bond acceptors (Lipinski definition) is 3. The van der Waals surface area contributed by atoms with Crippen molar-refractivity contribution in [3.8, 4) is 5.75 Å². The zero-order valence-electron chi connectivity index (χ0n) is 12.1. The average Bonchev–Trinajstić information content (AvgIpc) is 2.36. The molecule has 3 N–H and O–H groups in total. The molecule has 7 heteroatoms. The Hall–Kier alpha value is -1.76. The lowest BCUT2D eigenvalue weighted by Gasteiger charge is -2.27. The Morgan fingerprint density at radius 3 is 2.33 bits per heavy atom. The van der Waals surface area contributed by atoms with Crippen molar-refractivity contribution in [1.82, 2.24) is 5.32 Å². The third-order valence-electron chi connectivity index (χ3n) is 2.96. The highest BCUT2D eigenvalue weighted by Crippen LogP contribution is 2.28. The maximum absolute atomic E-state index is 12.6. The van der Waals surface area contributed by atoms with Crippen molar-refractivity contribution in [2.24, 2.45) is 5.73 Å². The van der Waals surface area contributed by atoms with Gasteiger partial charge in [-0.25, -0.2) is 0 Å². The van der Waals surface area contributed by atoms with Crippen molar-refractivity contribution in [2.45, 2.75) is 38.5 Å². The van der Waals surface area contributed by atoms with E-state index >= 15 is 0 Å². The van der Waals surface area contributed by atoms with E-state index in [-0.39, 0.29) is 6.61 Å². The number of benzene rings is 1. The zero-order valence-corrected chi connectivity index (χ0v) is 12.1. The monoisotopic (exact) mass is 304 g/mol. The van der Waals surface area contributed by atoms with Gasteiger partial charge in [-0.05, 0) is 32.9 Å². The van der Waals surface area contributed by atoms with Crippen LogP contribution < -0.4 is 15.8 Å². The van der Waals surface area contributed by atoms with Crippen molar-refractivity contribution in [3.63, 3.8) is 0 Å². The van der Waals surface area contributed by atoms with Crippen molar-refractivity contribution in [3.05, 3.63) is 29.8 Å². The van der Waals surface area contributed by atoms with Gasteiger partial charge in [0.15, 0.2) is 5.54 Å². The third-order valence-corrected chi connectivity index (χ3v) is 2.96. The molecule has 1 rings (SSSR count). The summed E-state index contributed by atoms with van der Waals surface area (Å²) in [6.45, 7) is 4.14. The molecule has 0 aliphatic rings. The quantitative estimate of drug-likeness (QED) is 0.876. The molecule has 2 unspecified atom stereocenters. The second-order valence-electron chi connectivity index (χ2n) is 5.20. The van der Waals surface area contributed by atoms with Crippen LogP contribution in [0.3, 0.4) is 0 Å². The minimum atomic E-state index is -4.81. The number of rotatable bonds is 5. The number of hydrogen-bond donors (Lipinski definition) is 2. The van der Waals surface area contributed by atoms with Gasteiger partial charge in [0.1, 0.15) is 12.4 Å². The molecule has 2 atom stereocenters. The fourth-order valence-electron chi connectivity index (χ4n) is 1.40. The fraction of sp³-hybridized carbons (Fsp3) is 0.500. The van der Waals surface area contributed by atoms with Gasteiger partial charge in [-0.1, -0.05) is 17.7 Å². The van der Waals surface area contributed by atoms with E-state index < -0.39 is 23.7 Å². The molecule has 0 fully saturated rings. The molecular formula is C14H19F3N2O2. The lowest BCUT2D eigenvalue weighted by molar-refractivity contribution is -0.187. The van der Waals surface area contributed by atoms with Gasteiger partial charge in [0.2, 0.25) is 5.91 Å². The van der Waals surface area contributed by atoms with Crippen LogP contribution in [0.4, 0.5) is 13.2 Å². The van der Waals surface area contributed by atoms with Crippen LogP contribution >= 0.6 is 0 Å². The number of ether oxygens (including phenoxy) is 1. The van der Waals surface area contributed by atoms with Gasteiger partial charge in [0, 0.05) is 0 Å². The molecule has 21 heavy (non-hydrogen) atoms. The van der Waals surface area contributed by atoms with E-state index in [9.17, 15) is 18.0 Å². The number of aryl methyl sites for hydroxylation is 1. The molecule has 0 saturated heterocycles. The molecule has 1 aromatic carbocycles. The van der Waals surface area contributed by atoms with E-state index in [0.29, 0.717) is 12.7 Å². The van der Waals surface area contributed by atoms with Crippen LogP contribution in [0.25, 0.3) is 0 Å². The van der Waals surface area contributed by atoms with Gasteiger partial charge in [-0.2, -0.15) is 13.2 Å². The highest BCUT2D eigenvalue weighted by atomic mass is 19.4. The van der Waals surface area contributed by atoms with E-state index in [2.05, 4.69) is 5.32 Å². The molecule has 0 radical (unpaired) electrons. The zero-order chi connectivity index (χ0) is 16.3. The molecule has 0 aliphatic heterocycles. The molecule has 4 nitrogen and oxygen atoms in total. The van der Waals surface area contributed by atoms with E-state index in [1.165, 1.54) is 0 Å². The van der Waals surface area contributed by atoms with Gasteiger partial charge in [-0.3, -0.25) is 4.79 Å². The Kier molecular flexibility index (Phi) is 5.22. The van der Waals surface area contributed by atoms with Crippen LogP contribution in [0.2, 0.25) is 0 Å². The van der Waals surface area contributed by atoms with Crippen LogP contribution in [-0.4, -0.2) is 30.3 Å². The first-order valence-electron chi connectivity index (χ1n) is 6.40. The lowest BCUT2D eigenvalue weighted by atomic mass is 10.0. The topological polar surface area (TPSA) is 64.3 Å². The second kappa shape index (κ2) is 6.34. The molecule has 0 saturated carbocycles. The standard InChI is InChI=1S/C14H19F3N2O2/c1-9-4-6-11(7-5-9)21-8-10(2)19-12(20)13(3,18)14(15,16)17/h4-7,10H,8,18H2,1-3H3,(H,19,20). The van der Waals surface area contributed by atoms with Crippen molar-refractivity contribution in [2.75, 3.05) is 6.61 Å². The van der Waals surface area contributed by atoms with Gasteiger partial charge in [0.25, 0.3) is 0 Å². The normalized spacial score (nSPS) is 16.0. The van der Waals surface area contributed by atoms with Crippen LogP contribution in [0.1, 0.15) is 19.4 Å². The number of alkyl halides is 3. The Labute approximate surface area is 121 Å². The van der Waals surface area contributed by atoms with Crippen LogP contribution in [0.5, 0.6) is 5.75 Å². The van der Waals surface area contributed by atoms with Gasteiger partial charge >= 0.3 is 6.18 Å². The van der Waals surface area contributed by atoms with E-state index in [1.807, 2.05) is 19.1 Å². The Balaban J connectivity index is 2.52. The molecule has 1 aromatic rings. The molecule has 0 aromatic heterocycles. The lowest BCUT2D eigenvalue weighted by Crippen LogP contribution is -2.62. The predicted molar refractivity (Wildman–Crippen MR) is 72.9 cm³/mol. The third kappa shape index (κ3) is 4.63. The summed E-state index contributed by atoms with van der Waals surface area (Å²) in [6.07, 6.45) is -4.81. The summed E-state index contributed by atoms with van der Waals surface area (Å²) in [5.41, 5.74) is 3.17. The summed E-state index contributed by atoms with van der Waals surface area (Å²) in [7, 11) is 0. The van der Waals surface area contributed by atoms with Crippen LogP contribution in [0.15, 0.2) is 24.3 Å². The summed E-state index contributed by atoms with van der Waals surface area (Å²) in [6, 6.07) is 6.57. The van der Waals surface area contributed by atoms with E-state index in [0.717, 1.165) is 5.56 Å². The summed E-state index contributed by atoms with van der Waals surface area (Å²) in [5, 5.41) is 2.20. The number of carbonyl (C=O) groups excluding carboxylic acids is 1. The second-order valence-corrected chi connectivity index (χ2v) is 5.20. The maximum Gasteiger partial charge on any atom is 0.415 e. The van der Waals surface area contributed by atoms with Gasteiger partial charge in [-0.15, -0.1) is 0 Å². The molecular weight excluding hydrogens is 285 g/mol. The minimum absolute atomic E-state index is 0.0444. The van der Waals surface area contributed by atoms with Crippen LogP contribution in [-0.2, 0) is 4.79 Å². The minimum Gasteiger partial charge on any atom is -0.491 e. The van der Waals surface area contributed by atoms with Gasteiger partial charge < -0.3 is 15.8 Å². The summed E-state index contributed by atoms with van der Waals surface area (Å²) < 4.78 is 43.2. The summed E-state index contributed by atoms with van der Waals surface area (Å²) >= 11 is 0. The molecule has 1 amide bonds.